The Balaban J connectivity index is 1.77. The molecule has 0 amide bonds. The van der Waals surface area contributed by atoms with Crippen molar-refractivity contribution in [1.82, 2.24) is 23.9 Å². The molecule has 1 aliphatic rings. The van der Waals surface area contributed by atoms with Crippen molar-refractivity contribution in [1.29, 1.82) is 0 Å². The van der Waals surface area contributed by atoms with E-state index in [1.165, 1.54) is 0 Å². The number of imidazole rings is 2. The molecule has 1 atom stereocenters. The van der Waals surface area contributed by atoms with Gasteiger partial charge in [-0.25, -0.2) is 9.97 Å². The molecule has 3 aromatic rings. The Morgan fingerprint density at radius 3 is 3.13 bits per heavy atom. The topological polar surface area (TPSA) is 70.9 Å². The van der Waals surface area contributed by atoms with Crippen molar-refractivity contribution >= 4 is 11.9 Å². The zero-order chi connectivity index (χ0) is 15.6. The molecule has 0 aromatic carbocycles. The SMILES string of the molecule is OCC1CCCN1/N=C/c1c(-n2ccnc2)nc2ccccn12. The summed E-state index contributed by atoms with van der Waals surface area (Å²) in [4.78, 5) is 8.76. The molecule has 23 heavy (non-hydrogen) atoms. The zero-order valence-electron chi connectivity index (χ0n) is 12.7. The number of rotatable bonds is 4. The first kappa shape index (κ1) is 14.0. The van der Waals surface area contributed by atoms with Gasteiger partial charge in [-0.3, -0.25) is 14.0 Å². The van der Waals surface area contributed by atoms with Gasteiger partial charge in [0, 0.05) is 25.1 Å². The fourth-order valence-corrected chi connectivity index (χ4v) is 2.98. The molecule has 1 saturated heterocycles. The third kappa shape index (κ3) is 2.49. The Morgan fingerprint density at radius 1 is 1.35 bits per heavy atom. The van der Waals surface area contributed by atoms with Gasteiger partial charge < -0.3 is 5.11 Å². The van der Waals surface area contributed by atoms with Crippen molar-refractivity contribution < 1.29 is 5.11 Å². The third-order valence-corrected chi connectivity index (χ3v) is 4.18. The number of nitrogens with zero attached hydrogens (tertiary/aromatic N) is 6. The van der Waals surface area contributed by atoms with Crippen molar-refractivity contribution in [2.45, 2.75) is 18.9 Å². The van der Waals surface area contributed by atoms with Crippen LogP contribution in [0.1, 0.15) is 18.5 Å². The smallest absolute Gasteiger partial charge is 0.166 e. The fourth-order valence-electron chi connectivity index (χ4n) is 2.98. The van der Waals surface area contributed by atoms with Crippen LogP contribution in [0.15, 0.2) is 48.2 Å². The van der Waals surface area contributed by atoms with Crippen molar-refractivity contribution in [3.63, 3.8) is 0 Å². The van der Waals surface area contributed by atoms with E-state index in [1.807, 2.05) is 50.8 Å². The molecule has 4 heterocycles. The summed E-state index contributed by atoms with van der Waals surface area (Å²) in [5.74, 6) is 0.789. The average molecular weight is 310 g/mol. The molecule has 1 N–H and O–H groups in total. The highest BCUT2D eigenvalue weighted by Gasteiger charge is 2.22. The monoisotopic (exact) mass is 310 g/mol. The van der Waals surface area contributed by atoms with Gasteiger partial charge in [0.05, 0.1) is 18.9 Å². The van der Waals surface area contributed by atoms with E-state index in [1.54, 1.807) is 12.5 Å². The molecule has 3 aromatic heterocycles. The van der Waals surface area contributed by atoms with E-state index < -0.39 is 0 Å². The number of aromatic nitrogens is 4. The lowest BCUT2D eigenvalue weighted by Gasteiger charge is -2.18. The van der Waals surface area contributed by atoms with E-state index >= 15 is 0 Å². The second-order valence-electron chi connectivity index (χ2n) is 5.61. The summed E-state index contributed by atoms with van der Waals surface area (Å²) < 4.78 is 3.88. The van der Waals surface area contributed by atoms with Crippen LogP contribution in [0.5, 0.6) is 0 Å². The maximum atomic E-state index is 9.42. The van der Waals surface area contributed by atoms with Crippen molar-refractivity contribution in [3.05, 3.63) is 48.8 Å². The summed E-state index contributed by atoms with van der Waals surface area (Å²) in [6.45, 7) is 1.01. The van der Waals surface area contributed by atoms with Gasteiger partial charge in [0.2, 0.25) is 0 Å². The predicted molar refractivity (Wildman–Crippen MR) is 86.7 cm³/mol. The lowest BCUT2D eigenvalue weighted by Crippen LogP contribution is -2.27. The van der Waals surface area contributed by atoms with Crippen molar-refractivity contribution in [2.24, 2.45) is 5.10 Å². The van der Waals surface area contributed by atoms with Gasteiger partial charge in [-0.05, 0) is 25.0 Å². The van der Waals surface area contributed by atoms with Gasteiger partial charge in [0.1, 0.15) is 17.7 Å². The molecular formula is C16H18N6O. The van der Waals surface area contributed by atoms with Crippen molar-refractivity contribution in [3.8, 4) is 5.82 Å². The van der Waals surface area contributed by atoms with Crippen LogP contribution in [-0.4, -0.2) is 54.5 Å². The molecule has 0 radical (unpaired) electrons. The predicted octanol–water partition coefficient (Wildman–Crippen LogP) is 1.31. The van der Waals surface area contributed by atoms with Gasteiger partial charge in [-0.2, -0.15) is 5.10 Å². The lowest BCUT2D eigenvalue weighted by atomic mass is 10.2. The summed E-state index contributed by atoms with van der Waals surface area (Å²) in [6.07, 6.45) is 11.2. The molecule has 7 nitrogen and oxygen atoms in total. The summed E-state index contributed by atoms with van der Waals surface area (Å²) in [5.41, 5.74) is 1.75. The summed E-state index contributed by atoms with van der Waals surface area (Å²) >= 11 is 0. The highest BCUT2D eigenvalue weighted by molar-refractivity contribution is 5.83. The quantitative estimate of drug-likeness (QED) is 0.738. The van der Waals surface area contributed by atoms with Gasteiger partial charge in [0.25, 0.3) is 0 Å². The van der Waals surface area contributed by atoms with E-state index in [-0.39, 0.29) is 12.6 Å². The normalized spacial score (nSPS) is 18.5. The van der Waals surface area contributed by atoms with Crippen LogP contribution in [0.25, 0.3) is 11.5 Å². The maximum Gasteiger partial charge on any atom is 0.166 e. The fraction of sp³-hybridized carbons (Fsp3) is 0.312. The van der Waals surface area contributed by atoms with Crippen LogP contribution in [0.3, 0.4) is 0 Å². The highest BCUT2D eigenvalue weighted by atomic mass is 16.3. The first-order valence-electron chi connectivity index (χ1n) is 7.74. The molecule has 118 valence electrons. The lowest BCUT2D eigenvalue weighted by molar-refractivity contribution is 0.164. The van der Waals surface area contributed by atoms with E-state index in [2.05, 4.69) is 15.1 Å². The Hall–Kier alpha value is -2.67. The molecule has 1 aliphatic heterocycles. The number of aliphatic hydroxyl groups is 1. The van der Waals surface area contributed by atoms with Crippen LogP contribution in [0.2, 0.25) is 0 Å². The zero-order valence-corrected chi connectivity index (χ0v) is 12.7. The standard InChI is InChI=1S/C16H18N6O/c23-11-13-4-3-8-22(13)18-10-14-16(20-9-6-17-12-20)19-15-5-1-2-7-21(14)15/h1-2,5-7,9-10,12-13,23H,3-4,8,11H2/b18-10+. The van der Waals surface area contributed by atoms with Crippen LogP contribution in [-0.2, 0) is 0 Å². The third-order valence-electron chi connectivity index (χ3n) is 4.18. The van der Waals surface area contributed by atoms with Crippen LogP contribution in [0, 0.1) is 0 Å². The number of hydrogen-bond acceptors (Lipinski definition) is 5. The van der Waals surface area contributed by atoms with E-state index in [9.17, 15) is 5.11 Å². The molecule has 1 unspecified atom stereocenters. The number of hydrogen-bond donors (Lipinski definition) is 1. The molecule has 7 heteroatoms. The Bertz CT molecular complexity index is 822. The molecule has 4 rings (SSSR count). The number of fused-ring (bicyclic) bond motifs is 1. The van der Waals surface area contributed by atoms with Gasteiger partial charge >= 0.3 is 0 Å². The Labute approximate surface area is 133 Å². The summed E-state index contributed by atoms with van der Waals surface area (Å²) in [6, 6.07) is 6.01. The molecule has 0 aliphatic carbocycles. The number of aliphatic hydroxyl groups excluding tert-OH is 1. The Morgan fingerprint density at radius 2 is 2.30 bits per heavy atom. The number of pyridine rings is 1. The van der Waals surface area contributed by atoms with Gasteiger partial charge in [-0.1, -0.05) is 6.07 Å². The molecule has 0 saturated carbocycles. The number of hydrazone groups is 1. The van der Waals surface area contributed by atoms with E-state index in [4.69, 9.17) is 0 Å². The minimum atomic E-state index is 0.113. The summed E-state index contributed by atoms with van der Waals surface area (Å²) in [7, 11) is 0. The Kier molecular flexibility index (Phi) is 3.55. The van der Waals surface area contributed by atoms with Gasteiger partial charge in [-0.15, -0.1) is 0 Å². The second kappa shape index (κ2) is 5.85. The highest BCUT2D eigenvalue weighted by Crippen LogP contribution is 2.19. The molecule has 0 spiro atoms. The van der Waals surface area contributed by atoms with Crippen molar-refractivity contribution in [2.75, 3.05) is 13.2 Å². The van der Waals surface area contributed by atoms with Gasteiger partial charge in [0.15, 0.2) is 5.82 Å². The average Bonchev–Trinajstić information content (AvgIpc) is 3.31. The van der Waals surface area contributed by atoms with Crippen LogP contribution < -0.4 is 0 Å². The maximum absolute atomic E-state index is 9.42. The second-order valence-corrected chi connectivity index (χ2v) is 5.61. The molecular weight excluding hydrogens is 292 g/mol. The minimum Gasteiger partial charge on any atom is -0.394 e. The molecule has 1 fully saturated rings. The van der Waals surface area contributed by atoms with Crippen LogP contribution >= 0.6 is 0 Å². The first-order valence-corrected chi connectivity index (χ1v) is 7.74. The van der Waals surface area contributed by atoms with Crippen LogP contribution in [0.4, 0.5) is 0 Å². The van der Waals surface area contributed by atoms with E-state index in [0.29, 0.717) is 0 Å². The largest absolute Gasteiger partial charge is 0.394 e. The first-order chi connectivity index (χ1) is 11.4. The van der Waals surface area contributed by atoms with E-state index in [0.717, 1.165) is 36.5 Å². The summed E-state index contributed by atoms with van der Waals surface area (Å²) in [5, 5.41) is 16.0. The minimum absolute atomic E-state index is 0.113. The molecule has 0 bridgehead atoms.